The van der Waals surface area contributed by atoms with Crippen molar-refractivity contribution in [1.82, 2.24) is 15.0 Å². The molecule has 0 atom stereocenters. The highest BCUT2D eigenvalue weighted by atomic mass is 32.1. The standard InChI is InChI=1S/C14H14N4S2/c1-3-15-14-18-11(8-19-14)12-9(2)17-13(20-12)10-6-4-5-7-16-10/h4-8H,3H2,1-2H3,(H,15,18). The quantitative estimate of drug-likeness (QED) is 0.789. The molecule has 0 aliphatic carbocycles. The Hall–Kier alpha value is -1.79. The highest BCUT2D eigenvalue weighted by Crippen LogP contribution is 2.35. The Kier molecular flexibility index (Phi) is 3.75. The molecule has 0 unspecified atom stereocenters. The molecule has 0 aliphatic rings. The summed E-state index contributed by atoms with van der Waals surface area (Å²) in [6.07, 6.45) is 1.79. The van der Waals surface area contributed by atoms with Crippen LogP contribution in [0.1, 0.15) is 12.6 Å². The first-order valence-corrected chi connectivity index (χ1v) is 8.06. The zero-order valence-corrected chi connectivity index (χ0v) is 12.9. The van der Waals surface area contributed by atoms with E-state index in [1.54, 1.807) is 28.9 Å². The lowest BCUT2D eigenvalue weighted by atomic mass is 10.3. The topological polar surface area (TPSA) is 50.7 Å². The summed E-state index contributed by atoms with van der Waals surface area (Å²) in [6.45, 7) is 4.97. The summed E-state index contributed by atoms with van der Waals surface area (Å²) in [7, 11) is 0. The fourth-order valence-electron chi connectivity index (χ4n) is 1.84. The normalized spacial score (nSPS) is 10.7. The lowest BCUT2D eigenvalue weighted by Crippen LogP contribution is -1.94. The minimum Gasteiger partial charge on any atom is -0.362 e. The molecule has 3 heterocycles. The number of nitrogens with one attached hydrogen (secondary N) is 1. The molecule has 0 amide bonds. The molecule has 4 nitrogen and oxygen atoms in total. The van der Waals surface area contributed by atoms with Crippen molar-refractivity contribution in [1.29, 1.82) is 0 Å². The Morgan fingerprint density at radius 3 is 2.85 bits per heavy atom. The van der Waals surface area contributed by atoms with Crippen molar-refractivity contribution in [2.75, 3.05) is 11.9 Å². The van der Waals surface area contributed by atoms with Crippen molar-refractivity contribution < 1.29 is 0 Å². The predicted molar refractivity (Wildman–Crippen MR) is 85.4 cm³/mol. The highest BCUT2D eigenvalue weighted by molar-refractivity contribution is 7.19. The second-order valence-electron chi connectivity index (χ2n) is 4.22. The third-order valence-corrected chi connectivity index (χ3v) is 4.75. The van der Waals surface area contributed by atoms with Crippen molar-refractivity contribution in [2.45, 2.75) is 13.8 Å². The lowest BCUT2D eigenvalue weighted by molar-refractivity contribution is 1.19. The van der Waals surface area contributed by atoms with Gasteiger partial charge in [0.2, 0.25) is 0 Å². The molecule has 6 heteroatoms. The number of hydrogen-bond acceptors (Lipinski definition) is 6. The maximum atomic E-state index is 4.61. The zero-order chi connectivity index (χ0) is 13.9. The van der Waals surface area contributed by atoms with E-state index < -0.39 is 0 Å². The fraction of sp³-hybridized carbons (Fsp3) is 0.214. The minimum atomic E-state index is 0.883. The molecule has 0 aromatic carbocycles. The smallest absolute Gasteiger partial charge is 0.183 e. The van der Waals surface area contributed by atoms with Crippen molar-refractivity contribution in [2.24, 2.45) is 0 Å². The number of rotatable bonds is 4. The van der Waals surface area contributed by atoms with E-state index in [-0.39, 0.29) is 0 Å². The van der Waals surface area contributed by atoms with Crippen LogP contribution in [0.2, 0.25) is 0 Å². The first kappa shape index (κ1) is 13.2. The molecule has 3 rings (SSSR count). The summed E-state index contributed by atoms with van der Waals surface area (Å²) in [4.78, 5) is 14.7. The molecule has 0 aliphatic heterocycles. The molecule has 1 N–H and O–H groups in total. The fourth-order valence-corrected chi connectivity index (χ4v) is 3.69. The minimum absolute atomic E-state index is 0.883. The van der Waals surface area contributed by atoms with Crippen LogP contribution in [-0.2, 0) is 0 Å². The zero-order valence-electron chi connectivity index (χ0n) is 11.3. The molecule has 0 bridgehead atoms. The van der Waals surface area contributed by atoms with Gasteiger partial charge in [0.15, 0.2) is 5.13 Å². The van der Waals surface area contributed by atoms with E-state index in [4.69, 9.17) is 0 Å². The van der Waals surface area contributed by atoms with Crippen molar-refractivity contribution in [3.63, 3.8) is 0 Å². The SMILES string of the molecule is CCNc1nc(-c2sc(-c3ccccn3)nc2C)cs1. The summed E-state index contributed by atoms with van der Waals surface area (Å²) in [6, 6.07) is 5.87. The summed E-state index contributed by atoms with van der Waals surface area (Å²) in [5.74, 6) is 0. The van der Waals surface area contributed by atoms with Crippen LogP contribution in [0.4, 0.5) is 5.13 Å². The van der Waals surface area contributed by atoms with Crippen LogP contribution in [0.15, 0.2) is 29.8 Å². The Morgan fingerprint density at radius 2 is 2.10 bits per heavy atom. The Morgan fingerprint density at radius 1 is 1.20 bits per heavy atom. The molecule has 0 fully saturated rings. The molecule has 20 heavy (non-hydrogen) atoms. The monoisotopic (exact) mass is 302 g/mol. The number of nitrogens with zero attached hydrogens (tertiary/aromatic N) is 3. The van der Waals surface area contributed by atoms with Gasteiger partial charge in [0, 0.05) is 18.1 Å². The number of anilines is 1. The first-order chi connectivity index (χ1) is 9.78. The molecule has 102 valence electrons. The molecule has 3 aromatic rings. The third-order valence-electron chi connectivity index (χ3n) is 2.75. The van der Waals surface area contributed by atoms with Gasteiger partial charge in [0.1, 0.15) is 5.01 Å². The van der Waals surface area contributed by atoms with Gasteiger partial charge in [-0.3, -0.25) is 4.98 Å². The molecule has 3 aromatic heterocycles. The molecular formula is C14H14N4S2. The van der Waals surface area contributed by atoms with E-state index in [9.17, 15) is 0 Å². The lowest BCUT2D eigenvalue weighted by Gasteiger charge is -1.94. The van der Waals surface area contributed by atoms with Gasteiger partial charge in [-0.1, -0.05) is 6.07 Å². The van der Waals surface area contributed by atoms with Crippen LogP contribution in [0.5, 0.6) is 0 Å². The van der Waals surface area contributed by atoms with Crippen molar-refractivity contribution in [3.05, 3.63) is 35.5 Å². The van der Waals surface area contributed by atoms with Crippen LogP contribution in [0.3, 0.4) is 0 Å². The van der Waals surface area contributed by atoms with Crippen molar-refractivity contribution in [3.8, 4) is 21.3 Å². The van der Waals surface area contributed by atoms with Gasteiger partial charge in [0.25, 0.3) is 0 Å². The van der Waals surface area contributed by atoms with Crippen molar-refractivity contribution >= 4 is 27.8 Å². The average Bonchev–Trinajstić information content (AvgIpc) is 3.07. The Balaban J connectivity index is 1.96. The number of pyridine rings is 1. The Bertz CT molecular complexity index is 703. The molecule has 0 saturated carbocycles. The van der Waals surface area contributed by atoms with Crippen LogP contribution < -0.4 is 5.32 Å². The van der Waals surface area contributed by atoms with Gasteiger partial charge < -0.3 is 5.32 Å². The first-order valence-electron chi connectivity index (χ1n) is 6.36. The predicted octanol–water partition coefficient (Wildman–Crippen LogP) is 4.07. The third kappa shape index (κ3) is 2.57. The number of aryl methyl sites for hydroxylation is 1. The molecule has 0 radical (unpaired) electrons. The Labute approximate surface area is 125 Å². The second-order valence-corrected chi connectivity index (χ2v) is 6.07. The number of aromatic nitrogens is 3. The van der Waals surface area contributed by atoms with Crippen LogP contribution in [0, 0.1) is 6.92 Å². The number of hydrogen-bond donors (Lipinski definition) is 1. The second kappa shape index (κ2) is 5.68. The highest BCUT2D eigenvalue weighted by Gasteiger charge is 2.14. The maximum absolute atomic E-state index is 4.61. The van der Waals surface area contributed by atoms with Gasteiger partial charge in [-0.15, -0.1) is 22.7 Å². The van der Waals surface area contributed by atoms with Gasteiger partial charge in [-0.2, -0.15) is 0 Å². The van der Waals surface area contributed by atoms with E-state index in [2.05, 4.69) is 32.6 Å². The van der Waals surface area contributed by atoms with E-state index >= 15 is 0 Å². The molecule has 0 saturated heterocycles. The van der Waals surface area contributed by atoms with E-state index in [0.29, 0.717) is 0 Å². The summed E-state index contributed by atoms with van der Waals surface area (Å²) in [5.41, 5.74) is 2.90. The van der Waals surface area contributed by atoms with Crippen LogP contribution in [-0.4, -0.2) is 21.5 Å². The maximum Gasteiger partial charge on any atom is 0.183 e. The van der Waals surface area contributed by atoms with Gasteiger partial charge in [-0.25, -0.2) is 9.97 Å². The van der Waals surface area contributed by atoms with Gasteiger partial charge >= 0.3 is 0 Å². The van der Waals surface area contributed by atoms with Gasteiger partial charge in [-0.05, 0) is 26.0 Å². The largest absolute Gasteiger partial charge is 0.362 e. The molecule has 0 spiro atoms. The van der Waals surface area contributed by atoms with E-state index in [1.165, 1.54) is 0 Å². The van der Waals surface area contributed by atoms with Crippen LogP contribution in [0.25, 0.3) is 21.3 Å². The van der Waals surface area contributed by atoms with E-state index in [0.717, 1.165) is 38.6 Å². The summed E-state index contributed by atoms with van der Waals surface area (Å²) >= 11 is 3.26. The average molecular weight is 302 g/mol. The number of thiazole rings is 2. The summed E-state index contributed by atoms with van der Waals surface area (Å²) < 4.78 is 0. The summed E-state index contributed by atoms with van der Waals surface area (Å²) in [5, 5.41) is 7.20. The molecular weight excluding hydrogens is 288 g/mol. The van der Waals surface area contributed by atoms with E-state index in [1.807, 2.05) is 25.1 Å². The van der Waals surface area contributed by atoms with Crippen LogP contribution >= 0.6 is 22.7 Å². The van der Waals surface area contributed by atoms with Gasteiger partial charge in [0.05, 0.1) is 22.0 Å².